The number of nitrogens with zero attached hydrogens (tertiary/aromatic N) is 4. The van der Waals surface area contributed by atoms with Crippen molar-refractivity contribution in [2.75, 3.05) is 51.9 Å². The van der Waals surface area contributed by atoms with Gasteiger partial charge in [0.05, 0.1) is 50.1 Å². The molecule has 0 unspecified atom stereocenters. The maximum absolute atomic E-state index is 15.2. The number of H-pyrrole nitrogens is 2. The lowest BCUT2D eigenvalue weighted by Gasteiger charge is -2.30. The molecule has 0 spiro atoms. The highest BCUT2D eigenvalue weighted by Crippen LogP contribution is 2.33. The number of aromatic nitrogens is 5. The molecule has 3 fully saturated rings. The summed E-state index contributed by atoms with van der Waals surface area (Å²) in [7, 11) is 0. The summed E-state index contributed by atoms with van der Waals surface area (Å²) in [6.45, 7) is 2.75. The van der Waals surface area contributed by atoms with Crippen molar-refractivity contribution in [3.8, 4) is 0 Å². The monoisotopic (exact) mass is 1380 g/mol. The number of Topliss-reactive ketones (excluding diaryl/α,β-unsaturated/α-hetero) is 2. The summed E-state index contributed by atoms with van der Waals surface area (Å²) in [6, 6.07) is 12.7. The van der Waals surface area contributed by atoms with Crippen molar-refractivity contribution in [2.45, 2.75) is 170 Å². The van der Waals surface area contributed by atoms with Gasteiger partial charge in [0.25, 0.3) is 0 Å². The Morgan fingerprint density at radius 2 is 1.26 bits per heavy atom. The summed E-state index contributed by atoms with van der Waals surface area (Å²) in [5.41, 5.74) is 9.52. The Morgan fingerprint density at radius 3 is 1.95 bits per heavy atom. The van der Waals surface area contributed by atoms with E-state index in [9.17, 15) is 42.7 Å². The Bertz CT molecular complexity index is 3810. The van der Waals surface area contributed by atoms with Gasteiger partial charge in [-0.15, -0.1) is 5.10 Å². The van der Waals surface area contributed by atoms with E-state index in [0.717, 1.165) is 46.8 Å². The number of rotatable bonds is 26. The first kappa shape index (κ1) is 72.7. The van der Waals surface area contributed by atoms with Gasteiger partial charge in [0, 0.05) is 116 Å². The minimum absolute atomic E-state index is 0.0655. The minimum atomic E-state index is -1.41. The molecule has 3 aromatic heterocycles. The number of hydrogen-bond donors (Lipinski definition) is 10. The van der Waals surface area contributed by atoms with Gasteiger partial charge in [-0.1, -0.05) is 60.2 Å². The number of carbonyl (C=O) groups excluding carboxylic acids is 10. The summed E-state index contributed by atoms with van der Waals surface area (Å²) in [5, 5.41) is 30.6. The largest absolute Gasteiger partial charge is 0.379 e. The van der Waals surface area contributed by atoms with Gasteiger partial charge in [0.15, 0.2) is 5.78 Å². The predicted molar refractivity (Wildman–Crippen MR) is 365 cm³/mol. The van der Waals surface area contributed by atoms with E-state index in [1.54, 1.807) is 18.6 Å². The molecule has 27 nitrogen and oxygen atoms in total. The molecule has 3 saturated heterocycles. The van der Waals surface area contributed by atoms with Gasteiger partial charge in [0.2, 0.25) is 41.4 Å². The van der Waals surface area contributed by atoms with Crippen molar-refractivity contribution in [1.29, 1.82) is 0 Å². The molecular weight excluding hydrogens is 1300 g/mol. The number of halogens is 1. The summed E-state index contributed by atoms with van der Waals surface area (Å²) in [5.74, 6) is -6.00. The average Bonchev–Trinajstić information content (AvgIpc) is 1.67. The number of ether oxygens (including phenoxy) is 3. The van der Waals surface area contributed by atoms with E-state index in [1.807, 2.05) is 60.3 Å². The zero-order valence-corrected chi connectivity index (χ0v) is 56.4. The molecule has 6 aromatic rings. The predicted octanol–water partition coefficient (Wildman–Crippen LogP) is 3.45. The van der Waals surface area contributed by atoms with Gasteiger partial charge in [-0.25, -0.2) is 9.18 Å². The van der Waals surface area contributed by atoms with Crippen LogP contribution in [0, 0.1) is 11.7 Å². The Labute approximate surface area is 576 Å². The number of fused-ring (bicyclic) bond motifs is 6. The Kier molecular flexibility index (Phi) is 26.2. The molecule has 29 heteroatoms. The van der Waals surface area contributed by atoms with E-state index in [2.05, 4.69) is 57.5 Å². The van der Waals surface area contributed by atoms with E-state index in [4.69, 9.17) is 19.9 Å². The molecule has 7 heterocycles. The lowest BCUT2D eigenvalue weighted by Crippen LogP contribution is -2.60. The molecular formula is C70H89FN14O13S. The van der Waals surface area contributed by atoms with Crippen LogP contribution >= 0.6 is 11.8 Å². The van der Waals surface area contributed by atoms with Crippen LogP contribution in [0.2, 0.25) is 0 Å². The zero-order valence-electron chi connectivity index (χ0n) is 55.6. The molecule has 10 atom stereocenters. The Morgan fingerprint density at radius 1 is 0.636 bits per heavy atom. The number of aromatic amines is 2. The highest BCUT2D eigenvalue weighted by Gasteiger charge is 2.43. The smallest absolute Gasteiger partial charge is 0.315 e. The Balaban J connectivity index is 0.795. The normalized spacial score (nSPS) is 23.9. The van der Waals surface area contributed by atoms with Crippen LogP contribution in [0.5, 0.6) is 0 Å². The minimum Gasteiger partial charge on any atom is -0.379 e. The van der Waals surface area contributed by atoms with Crippen molar-refractivity contribution in [2.24, 2.45) is 11.7 Å². The fourth-order valence-corrected chi connectivity index (χ4v) is 14.8. The van der Waals surface area contributed by atoms with E-state index >= 15 is 9.59 Å². The molecule has 9 amide bonds. The molecule has 11 N–H and O–H groups in total. The number of benzene rings is 3. The average molecular weight is 1390 g/mol. The number of ketones is 2. The maximum Gasteiger partial charge on any atom is 0.315 e. The first-order valence-corrected chi connectivity index (χ1v) is 35.3. The van der Waals surface area contributed by atoms with Gasteiger partial charge in [0.1, 0.15) is 54.5 Å². The van der Waals surface area contributed by atoms with Crippen LogP contribution in [-0.4, -0.2) is 194 Å². The Hall–Kier alpha value is -9.06. The lowest BCUT2D eigenvalue weighted by molar-refractivity contribution is -0.142. The molecule has 2 bridgehead atoms. The van der Waals surface area contributed by atoms with Crippen molar-refractivity contribution in [3.63, 3.8) is 0 Å². The molecule has 0 radical (unpaired) electrons. The number of carbonyl (C=O) groups is 10. The van der Waals surface area contributed by atoms with Gasteiger partial charge in [-0.3, -0.25) is 47.8 Å². The van der Waals surface area contributed by atoms with Crippen LogP contribution in [0.25, 0.3) is 21.8 Å². The van der Waals surface area contributed by atoms with Crippen molar-refractivity contribution >= 4 is 92.5 Å². The molecule has 530 valence electrons. The highest BCUT2D eigenvalue weighted by atomic mass is 32.2. The number of nitrogens with two attached hydrogens (primary N) is 1. The fourth-order valence-electron chi connectivity index (χ4n) is 13.3. The quantitative estimate of drug-likeness (QED) is 0.0275. The first-order valence-electron chi connectivity index (χ1n) is 34.2. The van der Waals surface area contributed by atoms with Crippen LogP contribution in [0.1, 0.15) is 106 Å². The highest BCUT2D eigenvalue weighted by molar-refractivity contribution is 8.00. The number of amides is 9. The molecule has 10 rings (SSSR count). The van der Waals surface area contributed by atoms with E-state index in [-0.39, 0.29) is 108 Å². The number of nitrogens with one attached hydrogen (secondary N) is 9. The van der Waals surface area contributed by atoms with Crippen molar-refractivity contribution < 1.29 is 66.5 Å². The number of hydrogen-bond acceptors (Lipinski definition) is 16. The number of thioether (sulfide) groups is 1. The third kappa shape index (κ3) is 20.5. The first-order chi connectivity index (χ1) is 47.9. The number of urea groups is 1. The summed E-state index contributed by atoms with van der Waals surface area (Å²) in [6.07, 6.45) is 10.00. The second-order valence-corrected chi connectivity index (χ2v) is 27.2. The standard InChI is InChI=1S/C70H89FN14O13S/c1-42-69(94)85-26-10-19-60(85)68(93)79-58(36-46-38-74-54-17-6-4-15-52(46)54)67(92)78-57(35-45-37-73-53-16-5-3-14-51(45)53)66(91)77-56(32-43-21-23-47(71)24-22-43)65(90)76-55(63(72)88)18-8-9-25-84-39-48(82-83-84)33-44(64(89)75-42)34-50(87)40-98-31-30-97-29-28-96-27-11-13-49(86)12-2-7-20-61-62-59(41-99-61)80-70(95)81-62/h3-6,14-17,21-24,37-39,42,44,55-62,73-74H,2,7-13,18-20,25-36,40-41H2,1H3,(H2,72,88)(H,75,89)(H,76,90)(H,77,91)(H,78,92)(H,79,93)(H2,80,81,95)/t42-,44-,55+,56+,57-,58-,59+,60-,61+,62+/m1/s1. The van der Waals surface area contributed by atoms with Crippen LogP contribution < -0.4 is 43.0 Å². The molecule has 3 aromatic carbocycles. The molecule has 99 heavy (non-hydrogen) atoms. The van der Waals surface area contributed by atoms with E-state index in [1.165, 1.54) is 40.8 Å². The molecule has 4 aliphatic heterocycles. The second kappa shape index (κ2) is 35.6. The lowest BCUT2D eigenvalue weighted by atomic mass is 9.96. The summed E-state index contributed by atoms with van der Waals surface area (Å²) >= 11 is 1.87. The third-order valence-electron chi connectivity index (χ3n) is 18.6. The van der Waals surface area contributed by atoms with Gasteiger partial charge >= 0.3 is 6.03 Å². The SMILES string of the molecule is C[C@H]1NC(=O)[C@@H](CC(=O)COCCOCCOCCCC(=O)CCCC[C@@H]2SC[C@@H]3NC(=O)N[C@@H]32)Cc2cn(nn2)CCCC[C@@H](C(N)=O)NC(=O)[C@H](Cc2ccc(F)cc2)NC(=O)[C@@H](Cc2c[nH]c3ccccc23)NC(=O)[C@@H](Cc2c[nH]c3ccccc23)NC(=O)[C@H]2CCCN2C1=O. The number of unbranched alkanes of at least 4 members (excludes halogenated alkanes) is 1. The maximum atomic E-state index is 15.2. The fraction of sp³-hybridized carbons (Fsp3) is 0.514. The molecule has 0 aliphatic carbocycles. The van der Waals surface area contributed by atoms with Gasteiger partial charge < -0.3 is 72.0 Å². The van der Waals surface area contributed by atoms with E-state index in [0.29, 0.717) is 79.4 Å². The van der Waals surface area contributed by atoms with Crippen molar-refractivity contribution in [3.05, 3.63) is 120 Å². The topological polar surface area (TPSA) is 374 Å². The van der Waals surface area contributed by atoms with Crippen LogP contribution in [0.15, 0.2) is 91.4 Å². The van der Waals surface area contributed by atoms with Gasteiger partial charge in [-0.05, 0) is 99.2 Å². The van der Waals surface area contributed by atoms with E-state index < -0.39 is 95.1 Å². The molecule has 4 aliphatic rings. The zero-order chi connectivity index (χ0) is 69.8. The number of aryl methyl sites for hydroxylation is 1. The third-order valence-corrected chi connectivity index (χ3v) is 20.1. The number of para-hydroxylation sites is 2. The summed E-state index contributed by atoms with van der Waals surface area (Å²) < 4.78 is 32.8. The van der Waals surface area contributed by atoms with Gasteiger partial charge in [-0.2, -0.15) is 11.8 Å². The van der Waals surface area contributed by atoms with Crippen LogP contribution in [-0.2, 0) is 89.6 Å². The second-order valence-electron chi connectivity index (χ2n) is 25.9. The van der Waals surface area contributed by atoms with Crippen LogP contribution in [0.4, 0.5) is 9.18 Å². The van der Waals surface area contributed by atoms with Crippen molar-refractivity contribution in [1.82, 2.24) is 67.1 Å². The molecule has 0 saturated carbocycles. The summed E-state index contributed by atoms with van der Waals surface area (Å²) in [4.78, 5) is 147. The number of primary amides is 1. The van der Waals surface area contributed by atoms with Crippen LogP contribution in [0.3, 0.4) is 0 Å².